The van der Waals surface area contributed by atoms with Crippen molar-refractivity contribution in [2.45, 2.75) is 39.4 Å². The van der Waals surface area contributed by atoms with Crippen molar-refractivity contribution in [2.24, 2.45) is 5.92 Å². The number of halogens is 2. The second-order valence-electron chi connectivity index (χ2n) is 5.66. The van der Waals surface area contributed by atoms with Gasteiger partial charge in [0, 0.05) is 12.6 Å². The average molecular weight is 296 g/mol. The van der Waals surface area contributed by atoms with E-state index in [-0.39, 0.29) is 24.3 Å². The van der Waals surface area contributed by atoms with Gasteiger partial charge in [-0.25, -0.2) is 8.78 Å². The minimum atomic E-state index is -0.701. The molecule has 6 heteroatoms. The van der Waals surface area contributed by atoms with E-state index in [4.69, 9.17) is 0 Å². The van der Waals surface area contributed by atoms with Gasteiger partial charge < -0.3 is 10.2 Å². The number of hydrogen-bond acceptors (Lipinski definition) is 2. The van der Waals surface area contributed by atoms with Crippen LogP contribution >= 0.6 is 0 Å². The molecule has 0 spiro atoms. The first-order valence-corrected chi connectivity index (χ1v) is 6.85. The second-order valence-corrected chi connectivity index (χ2v) is 5.66. The number of rotatable bonds is 3. The summed E-state index contributed by atoms with van der Waals surface area (Å²) in [7, 11) is 0. The maximum atomic E-state index is 13.3. The maximum Gasteiger partial charge on any atom is 0.245 e. The molecule has 0 saturated carbocycles. The first kappa shape index (κ1) is 15.4. The number of amides is 2. The largest absolute Gasteiger partial charge is 0.343 e. The summed E-state index contributed by atoms with van der Waals surface area (Å²) in [5, 5.41) is 2.62. The molecule has 0 bridgehead atoms. The van der Waals surface area contributed by atoms with Gasteiger partial charge in [0.1, 0.15) is 23.7 Å². The zero-order valence-electron chi connectivity index (χ0n) is 12.2. The highest BCUT2D eigenvalue weighted by Gasteiger charge is 2.40. The van der Waals surface area contributed by atoms with Crippen LogP contribution in [0.1, 0.15) is 26.3 Å². The van der Waals surface area contributed by atoms with E-state index in [0.29, 0.717) is 5.56 Å². The summed E-state index contributed by atoms with van der Waals surface area (Å²) in [6.07, 6.45) is 0. The summed E-state index contributed by atoms with van der Waals surface area (Å²) in [6.45, 7) is 5.25. The van der Waals surface area contributed by atoms with Crippen molar-refractivity contribution in [3.8, 4) is 0 Å². The van der Waals surface area contributed by atoms with Crippen LogP contribution in [0.15, 0.2) is 18.2 Å². The third-order valence-corrected chi connectivity index (χ3v) is 3.52. The van der Waals surface area contributed by atoms with Crippen molar-refractivity contribution in [2.75, 3.05) is 0 Å². The highest BCUT2D eigenvalue weighted by molar-refractivity contribution is 5.96. The van der Waals surface area contributed by atoms with Crippen molar-refractivity contribution in [1.29, 1.82) is 0 Å². The molecule has 4 nitrogen and oxygen atoms in total. The normalized spacial score (nSPS) is 22.7. The lowest BCUT2D eigenvalue weighted by atomic mass is 9.96. The molecule has 1 saturated heterocycles. The number of nitrogens with zero attached hydrogens (tertiary/aromatic N) is 1. The predicted molar refractivity (Wildman–Crippen MR) is 73.1 cm³/mol. The van der Waals surface area contributed by atoms with Crippen LogP contribution in [0, 0.1) is 17.6 Å². The lowest BCUT2D eigenvalue weighted by Gasteiger charge is -2.40. The van der Waals surface area contributed by atoms with Crippen molar-refractivity contribution >= 4 is 11.8 Å². The Bertz CT molecular complexity index is 555. The molecule has 1 aromatic rings. The van der Waals surface area contributed by atoms with Crippen LogP contribution in [-0.2, 0) is 16.1 Å². The summed E-state index contributed by atoms with van der Waals surface area (Å²) in [5.74, 6) is -1.99. The fraction of sp³-hybridized carbons (Fsp3) is 0.467. The molecular formula is C15H18F2N2O2. The van der Waals surface area contributed by atoms with Gasteiger partial charge in [-0.15, -0.1) is 0 Å². The number of piperazine rings is 1. The van der Waals surface area contributed by atoms with Gasteiger partial charge >= 0.3 is 0 Å². The van der Waals surface area contributed by atoms with Crippen molar-refractivity contribution in [1.82, 2.24) is 10.2 Å². The van der Waals surface area contributed by atoms with Crippen molar-refractivity contribution < 1.29 is 18.4 Å². The Morgan fingerprint density at radius 3 is 2.29 bits per heavy atom. The summed E-state index contributed by atoms with van der Waals surface area (Å²) < 4.78 is 26.5. The second kappa shape index (κ2) is 5.79. The van der Waals surface area contributed by atoms with E-state index in [0.717, 1.165) is 6.07 Å². The predicted octanol–water partition coefficient (Wildman–Crippen LogP) is 1.84. The molecular weight excluding hydrogens is 278 g/mol. The Morgan fingerprint density at radius 1 is 1.19 bits per heavy atom. The third kappa shape index (κ3) is 3.20. The Morgan fingerprint density at radius 2 is 1.76 bits per heavy atom. The molecule has 2 amide bonds. The summed E-state index contributed by atoms with van der Waals surface area (Å²) in [4.78, 5) is 25.7. The molecule has 0 radical (unpaired) electrons. The van der Waals surface area contributed by atoms with Gasteiger partial charge in [-0.1, -0.05) is 13.8 Å². The molecule has 1 aliphatic rings. The topological polar surface area (TPSA) is 49.4 Å². The van der Waals surface area contributed by atoms with Gasteiger partial charge in [-0.3, -0.25) is 9.59 Å². The van der Waals surface area contributed by atoms with Crippen LogP contribution in [0.4, 0.5) is 8.78 Å². The van der Waals surface area contributed by atoms with E-state index in [9.17, 15) is 18.4 Å². The molecule has 1 heterocycles. The minimum Gasteiger partial charge on any atom is -0.343 e. The smallest absolute Gasteiger partial charge is 0.245 e. The van der Waals surface area contributed by atoms with Crippen LogP contribution in [0.25, 0.3) is 0 Å². The number of hydrogen-bond donors (Lipinski definition) is 1. The van der Waals surface area contributed by atoms with Gasteiger partial charge in [-0.05, 0) is 30.5 Å². The number of benzene rings is 1. The zero-order valence-corrected chi connectivity index (χ0v) is 12.2. The summed E-state index contributed by atoms with van der Waals surface area (Å²) >= 11 is 0. The van der Waals surface area contributed by atoms with Crippen molar-refractivity contribution in [3.05, 3.63) is 35.4 Å². The van der Waals surface area contributed by atoms with Crippen LogP contribution in [0.2, 0.25) is 0 Å². The average Bonchev–Trinajstić information content (AvgIpc) is 2.33. The van der Waals surface area contributed by atoms with Crippen LogP contribution in [0.5, 0.6) is 0 Å². The van der Waals surface area contributed by atoms with E-state index in [1.54, 1.807) is 6.92 Å². The summed E-state index contributed by atoms with van der Waals surface area (Å²) in [6, 6.07) is 1.85. The highest BCUT2D eigenvalue weighted by atomic mass is 19.1. The molecule has 1 N–H and O–H groups in total. The lowest BCUT2D eigenvalue weighted by Crippen LogP contribution is -2.63. The molecule has 0 aromatic heterocycles. The van der Waals surface area contributed by atoms with E-state index in [2.05, 4.69) is 5.32 Å². The monoisotopic (exact) mass is 296 g/mol. The van der Waals surface area contributed by atoms with E-state index < -0.39 is 23.7 Å². The fourth-order valence-corrected chi connectivity index (χ4v) is 2.63. The zero-order chi connectivity index (χ0) is 15.7. The quantitative estimate of drug-likeness (QED) is 0.925. The lowest BCUT2D eigenvalue weighted by molar-refractivity contribution is -0.151. The van der Waals surface area contributed by atoms with Gasteiger partial charge in [0.05, 0.1) is 0 Å². The molecule has 114 valence electrons. The number of nitrogens with one attached hydrogen (secondary N) is 1. The first-order valence-electron chi connectivity index (χ1n) is 6.85. The standard InChI is InChI=1S/C15H18F2N2O2/c1-8(2)13-14(20)18-9(3)15(21)19(13)7-10-4-11(16)6-12(17)5-10/h4-6,8-9,13H,7H2,1-3H3,(H,18,20). The molecule has 1 fully saturated rings. The van der Waals surface area contributed by atoms with Gasteiger partial charge in [0.15, 0.2) is 0 Å². The Hall–Kier alpha value is -1.98. The Labute approximate surface area is 122 Å². The molecule has 2 atom stereocenters. The minimum absolute atomic E-state index is 0.00806. The molecule has 1 aromatic carbocycles. The first-order chi connectivity index (χ1) is 9.79. The third-order valence-electron chi connectivity index (χ3n) is 3.52. The molecule has 0 aliphatic carbocycles. The Kier molecular flexibility index (Phi) is 4.25. The maximum absolute atomic E-state index is 13.3. The van der Waals surface area contributed by atoms with Crippen LogP contribution in [-0.4, -0.2) is 28.8 Å². The molecule has 2 unspecified atom stereocenters. The SMILES string of the molecule is CC1NC(=O)C(C(C)C)N(Cc2cc(F)cc(F)c2)C1=O. The van der Waals surface area contributed by atoms with Gasteiger partial charge in [-0.2, -0.15) is 0 Å². The molecule has 1 aliphatic heterocycles. The molecule has 21 heavy (non-hydrogen) atoms. The number of carbonyl (C=O) groups is 2. The van der Waals surface area contributed by atoms with Crippen molar-refractivity contribution in [3.63, 3.8) is 0 Å². The van der Waals surface area contributed by atoms with E-state index in [1.165, 1.54) is 17.0 Å². The highest BCUT2D eigenvalue weighted by Crippen LogP contribution is 2.21. The van der Waals surface area contributed by atoms with E-state index >= 15 is 0 Å². The van der Waals surface area contributed by atoms with Gasteiger partial charge in [0.25, 0.3) is 0 Å². The van der Waals surface area contributed by atoms with E-state index in [1.807, 2.05) is 13.8 Å². The fourth-order valence-electron chi connectivity index (χ4n) is 2.63. The molecule has 2 rings (SSSR count). The number of carbonyl (C=O) groups excluding carboxylic acids is 2. The Balaban J connectivity index is 2.32. The van der Waals surface area contributed by atoms with Crippen LogP contribution < -0.4 is 5.32 Å². The van der Waals surface area contributed by atoms with Crippen LogP contribution in [0.3, 0.4) is 0 Å². The van der Waals surface area contributed by atoms with Gasteiger partial charge in [0.2, 0.25) is 11.8 Å². The summed E-state index contributed by atoms with van der Waals surface area (Å²) in [5.41, 5.74) is 0.327.